The van der Waals surface area contributed by atoms with E-state index in [-0.39, 0.29) is 5.56 Å². The van der Waals surface area contributed by atoms with Crippen molar-refractivity contribution in [3.63, 3.8) is 0 Å². The third-order valence-electron chi connectivity index (χ3n) is 6.82. The van der Waals surface area contributed by atoms with Crippen molar-refractivity contribution in [2.75, 3.05) is 0 Å². The number of hydrogen-bond acceptors (Lipinski definition) is 2. The maximum Gasteiger partial charge on any atom is 0.336 e. The molecule has 0 aliphatic carbocycles. The lowest BCUT2D eigenvalue weighted by Crippen LogP contribution is -2.13. The molecule has 0 bridgehead atoms. The molecule has 0 heterocycles. The number of carboxylic acid groups (broad SMARTS) is 2. The number of benzene rings is 5. The first-order valence-electron chi connectivity index (χ1n) is 11.8. The number of fused-ring (bicyclic) bond motifs is 2. The fourth-order valence-electron chi connectivity index (χ4n) is 5.70. The summed E-state index contributed by atoms with van der Waals surface area (Å²) in [6.07, 6.45) is 1.43. The van der Waals surface area contributed by atoms with Crippen LogP contribution < -0.4 is 0 Å². The van der Waals surface area contributed by atoms with Crippen LogP contribution in [0.3, 0.4) is 0 Å². The Morgan fingerprint density at radius 1 is 0.618 bits per heavy atom. The normalized spacial score (nSPS) is 12.2. The van der Waals surface area contributed by atoms with Crippen LogP contribution in [0, 0.1) is 11.8 Å². The quantitative estimate of drug-likeness (QED) is 0.206. The van der Waals surface area contributed by atoms with Gasteiger partial charge in [-0.05, 0) is 85.0 Å². The van der Waals surface area contributed by atoms with Crippen LogP contribution >= 0.6 is 0 Å². The molecule has 0 aliphatic rings. The molecule has 0 atom stereocenters. The highest BCUT2D eigenvalue weighted by Crippen LogP contribution is 2.45. The summed E-state index contributed by atoms with van der Waals surface area (Å²) in [6.45, 7) is 8.54. The summed E-state index contributed by atoms with van der Waals surface area (Å²) in [6, 6.07) is 15.3. The predicted molar refractivity (Wildman–Crippen MR) is 139 cm³/mol. The monoisotopic (exact) mass is 452 g/mol. The first-order chi connectivity index (χ1) is 16.2. The van der Waals surface area contributed by atoms with E-state index in [0.29, 0.717) is 29.2 Å². The Morgan fingerprint density at radius 3 is 1.79 bits per heavy atom. The maximum absolute atomic E-state index is 12.7. The van der Waals surface area contributed by atoms with E-state index in [1.54, 1.807) is 6.07 Å². The third-order valence-corrected chi connectivity index (χ3v) is 6.82. The largest absolute Gasteiger partial charge is 0.478 e. The third kappa shape index (κ3) is 3.20. The SMILES string of the molecule is CC(C)Cc1c(C(=O)O)c2cccc3c4ccc(C(=O)O)c5cccc(c(c1CC(C)C)c23)c54. The molecule has 5 aromatic carbocycles. The molecular formula is C30H28O4. The molecule has 0 fully saturated rings. The zero-order chi connectivity index (χ0) is 24.3. The Morgan fingerprint density at radius 2 is 1.18 bits per heavy atom. The van der Waals surface area contributed by atoms with Crippen molar-refractivity contribution in [2.45, 2.75) is 40.5 Å². The van der Waals surface area contributed by atoms with Crippen molar-refractivity contribution in [1.29, 1.82) is 0 Å². The molecule has 0 saturated heterocycles. The van der Waals surface area contributed by atoms with Gasteiger partial charge in [0.15, 0.2) is 0 Å². The van der Waals surface area contributed by atoms with Crippen LogP contribution in [0.15, 0.2) is 48.5 Å². The van der Waals surface area contributed by atoms with Gasteiger partial charge in [-0.2, -0.15) is 0 Å². The van der Waals surface area contributed by atoms with E-state index in [1.807, 2.05) is 36.4 Å². The minimum atomic E-state index is -0.947. The smallest absolute Gasteiger partial charge is 0.336 e. The van der Waals surface area contributed by atoms with E-state index in [0.717, 1.165) is 55.3 Å². The summed E-state index contributed by atoms with van der Waals surface area (Å²) in [5.74, 6) is -1.21. The van der Waals surface area contributed by atoms with E-state index in [2.05, 4.69) is 33.8 Å². The van der Waals surface area contributed by atoms with Crippen molar-refractivity contribution in [2.24, 2.45) is 11.8 Å². The lowest BCUT2D eigenvalue weighted by molar-refractivity contribution is 0.0687. The predicted octanol–water partition coefficient (Wildman–Crippen LogP) is 7.53. The second kappa shape index (κ2) is 7.98. The van der Waals surface area contributed by atoms with Gasteiger partial charge in [0.25, 0.3) is 0 Å². The second-order valence-electron chi connectivity index (χ2n) is 10.1. The molecule has 0 unspecified atom stereocenters. The summed E-state index contributed by atoms with van der Waals surface area (Å²) in [7, 11) is 0. The van der Waals surface area contributed by atoms with Gasteiger partial charge in [-0.25, -0.2) is 9.59 Å². The van der Waals surface area contributed by atoms with E-state index in [1.165, 1.54) is 0 Å². The first kappa shape index (κ1) is 22.1. The zero-order valence-corrected chi connectivity index (χ0v) is 19.9. The Hall–Kier alpha value is -3.66. The van der Waals surface area contributed by atoms with Gasteiger partial charge in [-0.1, -0.05) is 70.2 Å². The molecule has 2 N–H and O–H groups in total. The fourth-order valence-corrected chi connectivity index (χ4v) is 5.70. The molecule has 0 radical (unpaired) electrons. The molecule has 0 amide bonds. The van der Waals surface area contributed by atoms with Gasteiger partial charge < -0.3 is 10.2 Å². The van der Waals surface area contributed by atoms with Crippen LogP contribution in [-0.4, -0.2) is 22.2 Å². The van der Waals surface area contributed by atoms with Gasteiger partial charge in [0.05, 0.1) is 11.1 Å². The molecule has 4 nitrogen and oxygen atoms in total. The van der Waals surface area contributed by atoms with Crippen LogP contribution in [0.4, 0.5) is 0 Å². The van der Waals surface area contributed by atoms with Crippen LogP contribution in [0.2, 0.25) is 0 Å². The zero-order valence-electron chi connectivity index (χ0n) is 19.9. The molecule has 34 heavy (non-hydrogen) atoms. The van der Waals surface area contributed by atoms with Crippen molar-refractivity contribution < 1.29 is 19.8 Å². The number of aromatic carboxylic acids is 2. The number of hydrogen-bond donors (Lipinski definition) is 2. The molecule has 0 saturated carbocycles. The number of carboxylic acids is 2. The van der Waals surface area contributed by atoms with Crippen molar-refractivity contribution in [1.82, 2.24) is 0 Å². The van der Waals surface area contributed by atoms with Gasteiger partial charge in [0, 0.05) is 0 Å². The highest BCUT2D eigenvalue weighted by Gasteiger charge is 2.26. The molecule has 0 spiro atoms. The highest BCUT2D eigenvalue weighted by molar-refractivity contribution is 6.36. The van der Waals surface area contributed by atoms with Crippen LogP contribution in [0.25, 0.3) is 43.1 Å². The molecular weight excluding hydrogens is 424 g/mol. The summed E-state index contributed by atoms with van der Waals surface area (Å²) in [4.78, 5) is 24.7. The maximum atomic E-state index is 12.7. The lowest BCUT2D eigenvalue weighted by atomic mass is 9.79. The second-order valence-corrected chi connectivity index (χ2v) is 10.1. The molecule has 0 aromatic heterocycles. The Balaban J connectivity index is 2.15. The Kier molecular flexibility index (Phi) is 5.20. The van der Waals surface area contributed by atoms with Gasteiger partial charge in [0.1, 0.15) is 0 Å². The summed E-state index contributed by atoms with van der Waals surface area (Å²) < 4.78 is 0. The standard InChI is InChI=1S/C30H28O4/c1-15(2)13-23-24(14-16(3)4)28(30(33)34)22-10-5-7-17-19-11-12-20(29(31)32)18-8-6-9-21(25(18)19)27(23)26(17)22/h5-12,15-16H,13-14H2,1-4H3,(H,31,32)(H,33,34). The van der Waals surface area contributed by atoms with Gasteiger partial charge >= 0.3 is 11.9 Å². The average Bonchev–Trinajstić information content (AvgIpc) is 2.77. The minimum absolute atomic E-state index is 0.284. The van der Waals surface area contributed by atoms with Gasteiger partial charge in [-0.15, -0.1) is 0 Å². The summed E-state index contributed by atoms with van der Waals surface area (Å²) in [5, 5.41) is 27.6. The molecule has 5 rings (SSSR count). The first-order valence-corrected chi connectivity index (χ1v) is 11.8. The Bertz CT molecular complexity index is 1610. The van der Waals surface area contributed by atoms with Gasteiger partial charge in [0.2, 0.25) is 0 Å². The van der Waals surface area contributed by atoms with Gasteiger partial charge in [-0.3, -0.25) is 0 Å². The summed E-state index contributed by atoms with van der Waals surface area (Å²) in [5.41, 5.74) is 2.68. The molecule has 172 valence electrons. The fraction of sp³-hybridized carbons (Fsp3) is 0.267. The van der Waals surface area contributed by atoms with Crippen LogP contribution in [0.5, 0.6) is 0 Å². The van der Waals surface area contributed by atoms with Crippen LogP contribution in [-0.2, 0) is 12.8 Å². The Labute approximate surface area is 198 Å². The highest BCUT2D eigenvalue weighted by atomic mass is 16.4. The minimum Gasteiger partial charge on any atom is -0.478 e. The van der Waals surface area contributed by atoms with E-state index in [9.17, 15) is 19.8 Å². The van der Waals surface area contributed by atoms with E-state index in [4.69, 9.17) is 0 Å². The number of rotatable bonds is 6. The van der Waals surface area contributed by atoms with Crippen LogP contribution in [0.1, 0.15) is 59.5 Å². The molecule has 0 aliphatic heterocycles. The summed E-state index contributed by atoms with van der Waals surface area (Å²) >= 11 is 0. The molecule has 5 aromatic rings. The number of carbonyl (C=O) groups is 2. The van der Waals surface area contributed by atoms with Crippen molar-refractivity contribution >= 4 is 55.0 Å². The van der Waals surface area contributed by atoms with Crippen molar-refractivity contribution in [3.05, 3.63) is 70.8 Å². The lowest BCUT2D eigenvalue weighted by Gasteiger charge is -2.24. The van der Waals surface area contributed by atoms with E-state index < -0.39 is 11.9 Å². The topological polar surface area (TPSA) is 74.6 Å². The average molecular weight is 453 g/mol. The van der Waals surface area contributed by atoms with E-state index >= 15 is 0 Å². The van der Waals surface area contributed by atoms with Crippen molar-refractivity contribution in [3.8, 4) is 0 Å². The molecule has 4 heteroatoms.